The normalized spacial score (nSPS) is 19.5. The quantitative estimate of drug-likeness (QED) is 0.371. The van der Waals surface area contributed by atoms with E-state index in [0.717, 1.165) is 25.3 Å². The van der Waals surface area contributed by atoms with Gasteiger partial charge in [0.15, 0.2) is 5.84 Å². The van der Waals surface area contributed by atoms with E-state index >= 15 is 0 Å². The van der Waals surface area contributed by atoms with Crippen molar-refractivity contribution < 1.29 is 9.60 Å². The van der Waals surface area contributed by atoms with Crippen LogP contribution in [-0.4, -0.2) is 23.6 Å². The summed E-state index contributed by atoms with van der Waals surface area (Å²) in [5.74, 6) is 0.367. The first-order chi connectivity index (χ1) is 9.19. The van der Waals surface area contributed by atoms with E-state index < -0.39 is 0 Å². The summed E-state index contributed by atoms with van der Waals surface area (Å²) < 4.78 is 14.2. The molecule has 0 radical (unpaired) electrons. The van der Waals surface area contributed by atoms with Crippen molar-refractivity contribution in [1.29, 1.82) is 0 Å². The lowest BCUT2D eigenvalue weighted by Gasteiger charge is -2.25. The van der Waals surface area contributed by atoms with Gasteiger partial charge in [0.25, 0.3) is 0 Å². The van der Waals surface area contributed by atoms with Gasteiger partial charge in [0, 0.05) is 18.2 Å². The molecule has 2 aliphatic rings. The summed E-state index contributed by atoms with van der Waals surface area (Å²) in [6, 6.07) is 5.27. The lowest BCUT2D eigenvalue weighted by molar-refractivity contribution is 0.318. The third kappa shape index (κ3) is 2.64. The zero-order chi connectivity index (χ0) is 13.4. The van der Waals surface area contributed by atoms with Crippen LogP contribution in [0.2, 0.25) is 0 Å². The highest BCUT2D eigenvalue weighted by Gasteiger charge is 2.34. The molecule has 0 spiro atoms. The van der Waals surface area contributed by atoms with Crippen molar-refractivity contribution in [1.82, 2.24) is 0 Å². The minimum Gasteiger partial charge on any atom is -0.409 e. The highest BCUT2D eigenvalue weighted by atomic mass is 19.1. The number of anilines is 1. The standard InChI is InChI=1S/C14H18FN3O/c15-12-7-10(14(16)17-19)3-6-13(12)18(11-4-5-11)8-9-1-2-9/h3,6-7,9,11,19H,1-2,4-5,8H2,(H2,16,17). The van der Waals surface area contributed by atoms with Gasteiger partial charge in [-0.3, -0.25) is 0 Å². The van der Waals surface area contributed by atoms with Crippen LogP contribution in [0.1, 0.15) is 31.2 Å². The van der Waals surface area contributed by atoms with Crippen LogP contribution in [0.5, 0.6) is 0 Å². The van der Waals surface area contributed by atoms with Crippen molar-refractivity contribution in [2.45, 2.75) is 31.7 Å². The molecule has 2 aliphatic carbocycles. The van der Waals surface area contributed by atoms with Crippen molar-refractivity contribution in [2.24, 2.45) is 16.8 Å². The SMILES string of the molecule is NC(=NO)c1ccc(N(CC2CC2)C2CC2)c(F)c1. The van der Waals surface area contributed by atoms with Gasteiger partial charge in [-0.05, 0) is 49.8 Å². The van der Waals surface area contributed by atoms with Crippen LogP contribution in [0.15, 0.2) is 23.4 Å². The third-order valence-electron chi connectivity index (χ3n) is 3.80. The Hall–Kier alpha value is -1.78. The number of amidine groups is 1. The summed E-state index contributed by atoms with van der Waals surface area (Å²) in [6.45, 7) is 0.949. The average Bonchev–Trinajstić information content (AvgIpc) is 3.28. The maximum atomic E-state index is 14.2. The summed E-state index contributed by atoms with van der Waals surface area (Å²) in [4.78, 5) is 2.18. The third-order valence-corrected chi connectivity index (χ3v) is 3.80. The van der Waals surface area contributed by atoms with E-state index in [1.54, 1.807) is 12.1 Å². The minimum atomic E-state index is -0.295. The summed E-state index contributed by atoms with van der Waals surface area (Å²) in [7, 11) is 0. The molecule has 3 rings (SSSR count). The van der Waals surface area contributed by atoms with Crippen LogP contribution in [-0.2, 0) is 0 Å². The zero-order valence-corrected chi connectivity index (χ0v) is 10.7. The number of hydrogen-bond acceptors (Lipinski definition) is 3. The zero-order valence-electron chi connectivity index (χ0n) is 10.7. The molecule has 5 heteroatoms. The molecule has 0 saturated heterocycles. The largest absolute Gasteiger partial charge is 0.409 e. The van der Waals surface area contributed by atoms with Gasteiger partial charge in [-0.1, -0.05) is 5.16 Å². The van der Waals surface area contributed by atoms with E-state index in [1.165, 1.54) is 18.9 Å². The summed E-state index contributed by atoms with van der Waals surface area (Å²) in [5.41, 5.74) is 6.52. The second-order valence-corrected chi connectivity index (χ2v) is 5.48. The lowest BCUT2D eigenvalue weighted by atomic mass is 10.1. The first-order valence-corrected chi connectivity index (χ1v) is 6.73. The fraction of sp³-hybridized carbons (Fsp3) is 0.500. The van der Waals surface area contributed by atoms with Crippen LogP contribution in [0.3, 0.4) is 0 Å². The van der Waals surface area contributed by atoms with Gasteiger partial charge in [0.1, 0.15) is 5.82 Å². The van der Waals surface area contributed by atoms with E-state index in [-0.39, 0.29) is 11.7 Å². The number of halogens is 1. The van der Waals surface area contributed by atoms with Crippen molar-refractivity contribution in [3.63, 3.8) is 0 Å². The van der Waals surface area contributed by atoms with E-state index in [9.17, 15) is 4.39 Å². The van der Waals surface area contributed by atoms with Gasteiger partial charge in [-0.2, -0.15) is 0 Å². The van der Waals surface area contributed by atoms with Crippen molar-refractivity contribution in [3.05, 3.63) is 29.6 Å². The van der Waals surface area contributed by atoms with Crippen molar-refractivity contribution in [2.75, 3.05) is 11.4 Å². The van der Waals surface area contributed by atoms with Crippen LogP contribution in [0.25, 0.3) is 0 Å². The van der Waals surface area contributed by atoms with Crippen LogP contribution < -0.4 is 10.6 Å². The maximum Gasteiger partial charge on any atom is 0.170 e. The van der Waals surface area contributed by atoms with Crippen molar-refractivity contribution >= 4 is 11.5 Å². The molecule has 1 aromatic rings. The lowest BCUT2D eigenvalue weighted by Crippen LogP contribution is -2.29. The van der Waals surface area contributed by atoms with Crippen molar-refractivity contribution in [3.8, 4) is 0 Å². The molecule has 0 unspecified atom stereocenters. The molecule has 1 aromatic carbocycles. The number of nitrogens with two attached hydrogens (primary N) is 1. The second-order valence-electron chi connectivity index (χ2n) is 5.48. The smallest absolute Gasteiger partial charge is 0.170 e. The molecule has 0 atom stereocenters. The molecule has 0 amide bonds. The molecule has 102 valence electrons. The summed E-state index contributed by atoms with van der Waals surface area (Å²) in [6.07, 6.45) is 4.81. The fourth-order valence-corrected chi connectivity index (χ4v) is 2.37. The minimum absolute atomic E-state index is 0.0642. The molecule has 3 N–H and O–H groups in total. The van der Waals surface area contributed by atoms with Gasteiger partial charge in [-0.15, -0.1) is 0 Å². The molecular formula is C14H18FN3O. The summed E-state index contributed by atoms with van der Waals surface area (Å²) in [5, 5.41) is 11.5. The molecule has 0 heterocycles. The van der Waals surface area contributed by atoms with E-state index in [1.807, 2.05) is 0 Å². The van der Waals surface area contributed by atoms with E-state index in [2.05, 4.69) is 10.1 Å². The Bertz CT molecular complexity index is 509. The first-order valence-electron chi connectivity index (χ1n) is 6.73. The van der Waals surface area contributed by atoms with E-state index in [4.69, 9.17) is 10.9 Å². The van der Waals surface area contributed by atoms with Gasteiger partial charge in [0.2, 0.25) is 0 Å². The molecule has 0 bridgehead atoms. The monoisotopic (exact) mass is 263 g/mol. The molecular weight excluding hydrogens is 245 g/mol. The molecule has 2 saturated carbocycles. The Morgan fingerprint density at radius 1 is 1.37 bits per heavy atom. The predicted octanol–water partition coefficient (Wildman–Crippen LogP) is 2.30. The molecule has 19 heavy (non-hydrogen) atoms. The Morgan fingerprint density at radius 2 is 2.11 bits per heavy atom. The predicted molar refractivity (Wildman–Crippen MR) is 72.0 cm³/mol. The van der Waals surface area contributed by atoms with Crippen LogP contribution >= 0.6 is 0 Å². The summed E-state index contributed by atoms with van der Waals surface area (Å²) >= 11 is 0. The van der Waals surface area contributed by atoms with Gasteiger partial charge in [-0.25, -0.2) is 4.39 Å². The van der Waals surface area contributed by atoms with E-state index in [0.29, 0.717) is 17.3 Å². The van der Waals surface area contributed by atoms with Gasteiger partial charge >= 0.3 is 0 Å². The van der Waals surface area contributed by atoms with Gasteiger partial charge < -0.3 is 15.8 Å². The highest BCUT2D eigenvalue weighted by molar-refractivity contribution is 5.97. The molecule has 0 aromatic heterocycles. The van der Waals surface area contributed by atoms with Crippen LogP contribution in [0, 0.1) is 11.7 Å². The number of nitrogens with zero attached hydrogens (tertiary/aromatic N) is 2. The number of rotatable bonds is 5. The van der Waals surface area contributed by atoms with Gasteiger partial charge in [0.05, 0.1) is 5.69 Å². The number of oxime groups is 1. The fourth-order valence-electron chi connectivity index (χ4n) is 2.37. The average molecular weight is 263 g/mol. The molecule has 0 aliphatic heterocycles. The Labute approximate surface area is 111 Å². The Balaban J connectivity index is 1.85. The topological polar surface area (TPSA) is 61.9 Å². The second kappa shape index (κ2) is 4.72. The molecule has 2 fully saturated rings. The highest BCUT2D eigenvalue weighted by Crippen LogP contribution is 2.38. The Kier molecular flexibility index (Phi) is 3.05. The number of hydrogen-bond donors (Lipinski definition) is 2. The molecule has 4 nitrogen and oxygen atoms in total. The van der Waals surface area contributed by atoms with Crippen LogP contribution in [0.4, 0.5) is 10.1 Å². The maximum absolute atomic E-state index is 14.2. The Morgan fingerprint density at radius 3 is 2.63 bits per heavy atom. The number of benzene rings is 1. The first kappa shape index (κ1) is 12.3.